The number of aliphatic carboxylic acids is 1. The van der Waals surface area contributed by atoms with Gasteiger partial charge in [0, 0.05) is 22.0 Å². The van der Waals surface area contributed by atoms with E-state index in [1.54, 1.807) is 6.07 Å². The first-order valence-corrected chi connectivity index (χ1v) is 9.45. The maximum atomic E-state index is 11.8. The van der Waals surface area contributed by atoms with E-state index in [4.69, 9.17) is 5.11 Å². The first kappa shape index (κ1) is 16.5. The summed E-state index contributed by atoms with van der Waals surface area (Å²) >= 11 is 4.74. The Morgan fingerprint density at radius 2 is 2.05 bits per heavy atom. The predicted octanol–water partition coefficient (Wildman–Crippen LogP) is 2.98. The lowest BCUT2D eigenvalue weighted by atomic mass is 10.1. The van der Waals surface area contributed by atoms with Crippen molar-refractivity contribution in [1.82, 2.24) is 0 Å². The minimum atomic E-state index is -3.30. The Morgan fingerprint density at radius 3 is 2.53 bits per heavy atom. The van der Waals surface area contributed by atoms with Crippen molar-refractivity contribution in [2.75, 3.05) is 12.5 Å². The van der Waals surface area contributed by atoms with Gasteiger partial charge in [-0.1, -0.05) is 0 Å². The molecule has 1 aromatic carbocycles. The fourth-order valence-electron chi connectivity index (χ4n) is 1.68. The van der Waals surface area contributed by atoms with Gasteiger partial charge in [-0.25, -0.2) is 8.42 Å². The normalized spacial score (nSPS) is 11.5. The van der Waals surface area contributed by atoms with Crippen molar-refractivity contribution in [1.29, 1.82) is 0 Å². The van der Waals surface area contributed by atoms with Crippen LogP contribution in [0.25, 0.3) is 0 Å². The van der Waals surface area contributed by atoms with Crippen LogP contribution in [0.4, 0.5) is 0 Å². The summed E-state index contributed by atoms with van der Waals surface area (Å²) in [5, 5.41) is 8.60. The molecule has 0 aliphatic heterocycles. The molecule has 0 radical (unpaired) electrons. The van der Waals surface area contributed by atoms with Gasteiger partial charge in [-0.05, 0) is 52.7 Å². The minimum Gasteiger partial charge on any atom is -0.481 e. The molecule has 1 aromatic rings. The summed E-state index contributed by atoms with van der Waals surface area (Å²) in [4.78, 5) is 11.5. The molecule has 0 aliphatic rings. The molecule has 19 heavy (non-hydrogen) atoms. The van der Waals surface area contributed by atoms with Crippen molar-refractivity contribution in [3.8, 4) is 0 Å². The van der Waals surface area contributed by atoms with E-state index < -0.39 is 15.8 Å². The molecule has 0 unspecified atom stereocenters. The number of halogens is 1. The molecule has 0 saturated carbocycles. The molecular weight excluding hydrogens is 352 g/mol. The van der Waals surface area contributed by atoms with Crippen LogP contribution >= 0.6 is 27.7 Å². The minimum absolute atomic E-state index is 0.0795. The van der Waals surface area contributed by atoms with Gasteiger partial charge >= 0.3 is 5.97 Å². The van der Waals surface area contributed by atoms with Crippen LogP contribution in [0.1, 0.15) is 18.4 Å². The van der Waals surface area contributed by atoms with Gasteiger partial charge in [-0.15, -0.1) is 11.8 Å². The molecule has 1 N–H and O–H groups in total. The molecule has 0 spiro atoms. The van der Waals surface area contributed by atoms with Crippen molar-refractivity contribution in [3.63, 3.8) is 0 Å². The van der Waals surface area contributed by atoms with Crippen molar-refractivity contribution in [3.05, 3.63) is 22.2 Å². The zero-order chi connectivity index (χ0) is 14.6. The molecule has 0 atom stereocenters. The second kappa shape index (κ2) is 6.76. The van der Waals surface area contributed by atoms with Crippen LogP contribution in [0.3, 0.4) is 0 Å². The molecule has 0 aliphatic carbocycles. The molecule has 0 amide bonds. The maximum Gasteiger partial charge on any atom is 0.303 e. The van der Waals surface area contributed by atoms with Gasteiger partial charge in [-0.2, -0.15) is 0 Å². The number of hydrogen-bond donors (Lipinski definition) is 1. The highest BCUT2D eigenvalue weighted by molar-refractivity contribution is 9.10. The average molecular weight is 367 g/mol. The van der Waals surface area contributed by atoms with Crippen molar-refractivity contribution in [2.45, 2.75) is 29.1 Å². The summed E-state index contributed by atoms with van der Waals surface area (Å²) in [5.41, 5.74) is 0.825. The van der Waals surface area contributed by atoms with Crippen LogP contribution in [0, 0.1) is 0 Å². The molecule has 0 bridgehead atoms. The fraction of sp³-hybridized carbons (Fsp3) is 0.417. The van der Waals surface area contributed by atoms with E-state index in [2.05, 4.69) is 15.9 Å². The molecule has 1 rings (SSSR count). The summed E-state index contributed by atoms with van der Waals surface area (Å²) in [5.74, 6) is -0.844. The third-order valence-electron chi connectivity index (χ3n) is 2.53. The number of carbonyl (C=O) groups is 1. The highest BCUT2D eigenvalue weighted by atomic mass is 79.9. The summed E-state index contributed by atoms with van der Waals surface area (Å²) in [6.45, 7) is 0. The number of carboxylic acids is 1. The summed E-state index contributed by atoms with van der Waals surface area (Å²) < 4.78 is 24.3. The lowest BCUT2D eigenvalue weighted by Gasteiger charge is -2.11. The summed E-state index contributed by atoms with van der Waals surface area (Å²) in [6.07, 6.45) is 4.11. The van der Waals surface area contributed by atoms with Gasteiger partial charge in [0.15, 0.2) is 9.84 Å². The molecule has 0 saturated heterocycles. The van der Waals surface area contributed by atoms with Crippen molar-refractivity contribution >= 4 is 43.5 Å². The lowest BCUT2D eigenvalue weighted by molar-refractivity contribution is -0.137. The molecule has 0 aromatic heterocycles. The van der Waals surface area contributed by atoms with Gasteiger partial charge in [0.2, 0.25) is 0 Å². The lowest BCUT2D eigenvalue weighted by Crippen LogP contribution is -2.02. The number of rotatable bonds is 6. The Hall–Kier alpha value is -0.530. The Balaban J connectivity index is 3.10. The van der Waals surface area contributed by atoms with Crippen LogP contribution in [-0.4, -0.2) is 32.0 Å². The Bertz CT molecular complexity index is 582. The average Bonchev–Trinajstić information content (AvgIpc) is 2.26. The topological polar surface area (TPSA) is 71.4 Å². The number of carboxylic acid groups (broad SMARTS) is 1. The van der Waals surface area contributed by atoms with Gasteiger partial charge in [0.25, 0.3) is 0 Å². The Morgan fingerprint density at radius 1 is 1.42 bits per heavy atom. The highest BCUT2D eigenvalue weighted by Gasteiger charge is 2.17. The molecular formula is C12H15BrO4S2. The predicted molar refractivity (Wildman–Crippen MR) is 79.6 cm³/mol. The van der Waals surface area contributed by atoms with Gasteiger partial charge in [0.05, 0.1) is 4.90 Å². The van der Waals surface area contributed by atoms with E-state index in [1.807, 2.05) is 12.3 Å². The number of benzene rings is 1. The summed E-state index contributed by atoms with van der Waals surface area (Å²) in [6, 6.07) is 3.48. The Kier molecular flexibility index (Phi) is 5.88. The third-order valence-corrected chi connectivity index (χ3v) is 5.52. The second-order valence-corrected chi connectivity index (χ2v) is 7.78. The number of thioether (sulfide) groups is 1. The van der Waals surface area contributed by atoms with Crippen molar-refractivity contribution in [2.24, 2.45) is 0 Å². The van der Waals surface area contributed by atoms with E-state index in [1.165, 1.54) is 18.0 Å². The SMILES string of the molecule is CSc1c(Br)cc(CCCC(=O)O)cc1S(C)(=O)=O. The molecule has 0 fully saturated rings. The van der Waals surface area contributed by atoms with Crippen LogP contribution < -0.4 is 0 Å². The zero-order valence-corrected chi connectivity index (χ0v) is 13.9. The molecule has 4 nitrogen and oxygen atoms in total. The number of hydrogen-bond acceptors (Lipinski definition) is 4. The van der Waals surface area contributed by atoms with E-state index in [9.17, 15) is 13.2 Å². The Labute approximate surface area is 125 Å². The molecule has 106 valence electrons. The van der Waals surface area contributed by atoms with Crippen LogP contribution in [0.2, 0.25) is 0 Å². The third kappa shape index (κ3) is 4.81. The van der Waals surface area contributed by atoms with E-state index >= 15 is 0 Å². The number of aryl methyl sites for hydroxylation is 1. The fourth-order valence-corrected chi connectivity index (χ4v) is 4.84. The van der Waals surface area contributed by atoms with E-state index in [0.717, 1.165) is 10.0 Å². The first-order chi connectivity index (χ1) is 8.75. The van der Waals surface area contributed by atoms with Gasteiger partial charge < -0.3 is 5.11 Å². The highest BCUT2D eigenvalue weighted by Crippen LogP contribution is 2.34. The maximum absolute atomic E-state index is 11.8. The van der Waals surface area contributed by atoms with Crippen molar-refractivity contribution < 1.29 is 18.3 Å². The zero-order valence-electron chi connectivity index (χ0n) is 10.6. The monoisotopic (exact) mass is 366 g/mol. The largest absolute Gasteiger partial charge is 0.481 e. The van der Waals surface area contributed by atoms with Gasteiger partial charge in [0.1, 0.15) is 0 Å². The van der Waals surface area contributed by atoms with Gasteiger partial charge in [-0.3, -0.25) is 4.79 Å². The second-order valence-electron chi connectivity index (χ2n) is 4.13. The van der Waals surface area contributed by atoms with E-state index in [0.29, 0.717) is 22.6 Å². The smallest absolute Gasteiger partial charge is 0.303 e. The van der Waals surface area contributed by atoms with Crippen LogP contribution in [0.5, 0.6) is 0 Å². The van der Waals surface area contributed by atoms with Crippen LogP contribution in [0.15, 0.2) is 26.4 Å². The molecule has 0 heterocycles. The standard InChI is InChI=1S/C12H15BrO4S2/c1-18-12-9(13)6-8(4-3-5-11(14)15)7-10(12)19(2,16)17/h6-7H,3-5H2,1-2H3,(H,14,15). The van der Waals surface area contributed by atoms with Crippen LogP contribution in [-0.2, 0) is 21.1 Å². The summed E-state index contributed by atoms with van der Waals surface area (Å²) in [7, 11) is -3.30. The van der Waals surface area contributed by atoms with E-state index in [-0.39, 0.29) is 6.42 Å². The quantitative estimate of drug-likeness (QED) is 0.783. The molecule has 7 heteroatoms. The number of sulfone groups is 1. The first-order valence-electron chi connectivity index (χ1n) is 5.54.